The van der Waals surface area contributed by atoms with Gasteiger partial charge in [-0.3, -0.25) is 4.21 Å². The predicted molar refractivity (Wildman–Crippen MR) is 90.7 cm³/mol. The van der Waals surface area contributed by atoms with Crippen molar-refractivity contribution >= 4 is 27.5 Å². The molecule has 0 radical (unpaired) electrons. The number of hydrogen-bond donors (Lipinski definition) is 0. The minimum atomic E-state index is -1.32. The van der Waals surface area contributed by atoms with Gasteiger partial charge in [-0.1, -0.05) is 30.3 Å². The third kappa shape index (κ3) is 3.38. The first-order valence-corrected chi connectivity index (χ1v) is 8.51. The average molecular weight is 318 g/mol. The molecule has 0 aliphatic carbocycles. The van der Waals surface area contributed by atoms with E-state index in [0.717, 1.165) is 10.8 Å². The van der Waals surface area contributed by atoms with E-state index in [4.69, 9.17) is 4.74 Å². The first-order chi connectivity index (χ1) is 10.2. The highest BCUT2D eigenvalue weighted by Gasteiger charge is 2.28. The maximum absolute atomic E-state index is 13.0. The lowest BCUT2D eigenvalue weighted by Gasteiger charge is -2.21. The highest BCUT2D eigenvalue weighted by atomic mass is 32.2. The van der Waals surface area contributed by atoms with Crippen LogP contribution in [0.15, 0.2) is 41.3 Å². The minimum absolute atomic E-state index is 0.213. The monoisotopic (exact) mass is 318 g/mol. The Morgan fingerprint density at radius 3 is 2.32 bits per heavy atom. The first kappa shape index (κ1) is 16.7. The second-order valence-corrected chi connectivity index (χ2v) is 8.67. The molecular formula is C18H22O3S. The molecule has 4 heteroatoms. The van der Waals surface area contributed by atoms with Gasteiger partial charge in [0.2, 0.25) is 0 Å². The van der Waals surface area contributed by atoms with Gasteiger partial charge in [-0.15, -0.1) is 0 Å². The summed E-state index contributed by atoms with van der Waals surface area (Å²) < 4.78 is 17.8. The highest BCUT2D eigenvalue weighted by Crippen LogP contribution is 2.31. The molecular weight excluding hydrogens is 296 g/mol. The smallest absolute Gasteiger partial charge is 0.339 e. The lowest BCUT2D eigenvalue weighted by atomic mass is 10.1. The summed E-state index contributed by atoms with van der Waals surface area (Å²) in [7, 11) is -1.32. The fourth-order valence-electron chi connectivity index (χ4n) is 2.19. The molecule has 0 heterocycles. The number of hydrogen-bond acceptors (Lipinski definition) is 3. The molecule has 22 heavy (non-hydrogen) atoms. The normalized spacial score (nSPS) is 13.4. The maximum atomic E-state index is 13.0. The number of carbonyl (C=O) groups excluding carboxylic acids is 1. The van der Waals surface area contributed by atoms with Crippen molar-refractivity contribution in [2.75, 3.05) is 0 Å². The van der Waals surface area contributed by atoms with E-state index in [1.165, 1.54) is 0 Å². The molecule has 0 unspecified atom stereocenters. The molecule has 0 saturated heterocycles. The molecule has 2 aromatic carbocycles. The largest absolute Gasteiger partial charge is 0.459 e. The van der Waals surface area contributed by atoms with E-state index in [-0.39, 0.29) is 6.10 Å². The molecule has 2 aromatic rings. The standard InChI is InChI=1S/C18H22O3S/c1-12(2)21-17(19)15-11-10-13-8-6-7-9-14(13)16(15)22(20)18(3,4)5/h6-12H,1-5H3/t22-/m1/s1. The Morgan fingerprint density at radius 1 is 1.09 bits per heavy atom. The third-order valence-electron chi connectivity index (χ3n) is 3.18. The van der Waals surface area contributed by atoms with Gasteiger partial charge in [0, 0.05) is 4.75 Å². The Balaban J connectivity index is 2.71. The van der Waals surface area contributed by atoms with Crippen LogP contribution in [0, 0.1) is 0 Å². The quantitative estimate of drug-likeness (QED) is 0.792. The molecule has 0 bridgehead atoms. The Kier molecular flexibility index (Phi) is 4.71. The SMILES string of the molecule is CC(C)OC(=O)c1ccc2ccccc2c1[S@@](=O)C(C)(C)C. The van der Waals surface area contributed by atoms with Gasteiger partial charge < -0.3 is 4.74 Å². The molecule has 2 rings (SSSR count). The van der Waals surface area contributed by atoms with Crippen LogP contribution in [0.4, 0.5) is 0 Å². The number of esters is 1. The van der Waals surface area contributed by atoms with Crippen LogP contribution < -0.4 is 0 Å². The first-order valence-electron chi connectivity index (χ1n) is 7.36. The molecule has 0 amide bonds. The zero-order chi connectivity index (χ0) is 16.5. The summed E-state index contributed by atoms with van der Waals surface area (Å²) in [6, 6.07) is 11.3. The molecule has 118 valence electrons. The molecule has 0 aromatic heterocycles. The van der Waals surface area contributed by atoms with E-state index >= 15 is 0 Å². The van der Waals surface area contributed by atoms with Gasteiger partial charge in [-0.2, -0.15) is 0 Å². The lowest BCUT2D eigenvalue weighted by molar-refractivity contribution is 0.0374. The van der Waals surface area contributed by atoms with Crippen LogP contribution >= 0.6 is 0 Å². The fourth-order valence-corrected chi connectivity index (χ4v) is 3.54. The van der Waals surface area contributed by atoms with E-state index in [2.05, 4.69) is 0 Å². The zero-order valence-corrected chi connectivity index (χ0v) is 14.5. The topological polar surface area (TPSA) is 43.4 Å². The van der Waals surface area contributed by atoms with E-state index in [0.29, 0.717) is 10.5 Å². The second-order valence-electron chi connectivity index (χ2n) is 6.50. The summed E-state index contributed by atoms with van der Waals surface area (Å²) in [6.07, 6.45) is -0.213. The average Bonchev–Trinajstić information content (AvgIpc) is 2.43. The van der Waals surface area contributed by atoms with E-state index in [9.17, 15) is 9.00 Å². The lowest BCUT2D eigenvalue weighted by Crippen LogP contribution is -2.24. The van der Waals surface area contributed by atoms with Crippen molar-refractivity contribution in [2.24, 2.45) is 0 Å². The maximum Gasteiger partial charge on any atom is 0.339 e. The van der Waals surface area contributed by atoms with Crippen LogP contribution in [0.3, 0.4) is 0 Å². The van der Waals surface area contributed by atoms with E-state index in [1.54, 1.807) is 19.9 Å². The van der Waals surface area contributed by atoms with Crippen molar-refractivity contribution in [1.29, 1.82) is 0 Å². The Morgan fingerprint density at radius 2 is 1.73 bits per heavy atom. The van der Waals surface area contributed by atoms with Crippen LogP contribution in [-0.4, -0.2) is 21.0 Å². The molecule has 0 aliphatic rings. The van der Waals surface area contributed by atoms with Gasteiger partial charge >= 0.3 is 5.97 Å². The minimum Gasteiger partial charge on any atom is -0.459 e. The van der Waals surface area contributed by atoms with Crippen molar-refractivity contribution < 1.29 is 13.7 Å². The summed E-state index contributed by atoms with van der Waals surface area (Å²) >= 11 is 0. The summed E-state index contributed by atoms with van der Waals surface area (Å²) in [4.78, 5) is 13.0. The Hall–Kier alpha value is -1.68. The molecule has 0 N–H and O–H groups in total. The zero-order valence-electron chi connectivity index (χ0n) is 13.7. The van der Waals surface area contributed by atoms with Crippen molar-refractivity contribution in [3.05, 3.63) is 42.0 Å². The summed E-state index contributed by atoms with van der Waals surface area (Å²) in [5.74, 6) is -0.423. The van der Waals surface area contributed by atoms with Crippen molar-refractivity contribution in [2.45, 2.75) is 50.4 Å². The van der Waals surface area contributed by atoms with Crippen molar-refractivity contribution in [3.63, 3.8) is 0 Å². The highest BCUT2D eigenvalue weighted by molar-refractivity contribution is 7.86. The van der Waals surface area contributed by atoms with Crippen LogP contribution in [0.2, 0.25) is 0 Å². The summed E-state index contributed by atoms with van der Waals surface area (Å²) in [6.45, 7) is 9.33. The van der Waals surface area contributed by atoms with Gasteiger partial charge in [0.1, 0.15) is 0 Å². The predicted octanol–water partition coefficient (Wildman–Crippen LogP) is 4.31. The van der Waals surface area contributed by atoms with E-state index in [1.807, 2.05) is 51.1 Å². The van der Waals surface area contributed by atoms with Crippen LogP contribution in [0.5, 0.6) is 0 Å². The molecule has 3 nitrogen and oxygen atoms in total. The van der Waals surface area contributed by atoms with Crippen LogP contribution in [0.1, 0.15) is 45.0 Å². The number of ether oxygens (including phenoxy) is 1. The van der Waals surface area contributed by atoms with Crippen LogP contribution in [-0.2, 0) is 15.5 Å². The van der Waals surface area contributed by atoms with Gasteiger partial charge in [0.05, 0.1) is 27.4 Å². The number of benzene rings is 2. The summed E-state index contributed by atoms with van der Waals surface area (Å²) in [5, 5.41) is 1.81. The van der Waals surface area contributed by atoms with Gasteiger partial charge in [0.25, 0.3) is 0 Å². The molecule has 0 spiro atoms. The van der Waals surface area contributed by atoms with Gasteiger partial charge in [-0.05, 0) is 51.5 Å². The third-order valence-corrected chi connectivity index (χ3v) is 5.11. The number of rotatable bonds is 3. The van der Waals surface area contributed by atoms with E-state index < -0.39 is 21.5 Å². The molecule has 0 saturated carbocycles. The van der Waals surface area contributed by atoms with Crippen molar-refractivity contribution in [3.8, 4) is 0 Å². The van der Waals surface area contributed by atoms with Gasteiger partial charge in [0.15, 0.2) is 0 Å². The van der Waals surface area contributed by atoms with Gasteiger partial charge in [-0.25, -0.2) is 4.79 Å². The Bertz CT molecular complexity index is 727. The summed E-state index contributed by atoms with van der Waals surface area (Å²) in [5.41, 5.74) is 0.389. The molecule has 0 fully saturated rings. The molecule has 0 aliphatic heterocycles. The van der Waals surface area contributed by atoms with Crippen LogP contribution in [0.25, 0.3) is 10.8 Å². The Labute approximate surface area is 134 Å². The number of fused-ring (bicyclic) bond motifs is 1. The second kappa shape index (κ2) is 6.21. The molecule has 1 atom stereocenters. The number of carbonyl (C=O) groups is 1. The fraction of sp³-hybridized carbons (Fsp3) is 0.389. The van der Waals surface area contributed by atoms with Crippen molar-refractivity contribution in [1.82, 2.24) is 0 Å².